The zero-order valence-electron chi connectivity index (χ0n) is 10.6. The van der Waals surface area contributed by atoms with Crippen LogP contribution in [0.2, 0.25) is 0 Å². The maximum atomic E-state index is 13.1. The lowest BCUT2D eigenvalue weighted by Crippen LogP contribution is -2.01. The van der Waals surface area contributed by atoms with Gasteiger partial charge in [0.15, 0.2) is 0 Å². The van der Waals surface area contributed by atoms with Crippen LogP contribution in [0.4, 0.5) is 4.39 Å². The van der Waals surface area contributed by atoms with Crippen LogP contribution in [-0.2, 0) is 27.8 Å². The minimum absolute atomic E-state index is 0.0345. The molecule has 0 heterocycles. The van der Waals surface area contributed by atoms with Crippen molar-refractivity contribution in [2.75, 3.05) is 0 Å². The van der Waals surface area contributed by atoms with E-state index < -0.39 is 22.6 Å². The molecule has 0 aliphatic carbocycles. The lowest BCUT2D eigenvalue weighted by molar-refractivity contribution is -0.136. The zero-order chi connectivity index (χ0) is 14.5. The topological polar surface area (TPSA) is 54.4 Å². The van der Waals surface area contributed by atoms with Gasteiger partial charge in [-0.25, -0.2) is 4.39 Å². The molecule has 1 N–H and O–H groups in total. The van der Waals surface area contributed by atoms with Gasteiger partial charge >= 0.3 is 5.97 Å². The molecule has 2 rings (SSSR count). The Bertz CT molecular complexity index is 638. The van der Waals surface area contributed by atoms with E-state index in [1.165, 1.54) is 18.2 Å². The van der Waals surface area contributed by atoms with Gasteiger partial charge in [0, 0.05) is 4.90 Å². The third-order valence-electron chi connectivity index (χ3n) is 2.74. The lowest BCUT2D eigenvalue weighted by atomic mass is 10.1. The molecule has 2 aromatic carbocycles. The average molecular weight is 292 g/mol. The first-order chi connectivity index (χ1) is 9.54. The number of hydrogen-bond donors (Lipinski definition) is 1. The van der Waals surface area contributed by atoms with Crippen LogP contribution in [0.5, 0.6) is 0 Å². The second kappa shape index (κ2) is 6.43. The van der Waals surface area contributed by atoms with Crippen molar-refractivity contribution >= 4 is 16.8 Å². The van der Waals surface area contributed by atoms with E-state index in [2.05, 4.69) is 0 Å². The van der Waals surface area contributed by atoms with Crippen LogP contribution in [0, 0.1) is 5.82 Å². The van der Waals surface area contributed by atoms with Crippen molar-refractivity contribution in [2.24, 2.45) is 0 Å². The van der Waals surface area contributed by atoms with E-state index in [1.807, 2.05) is 0 Å². The van der Waals surface area contributed by atoms with E-state index in [1.54, 1.807) is 30.3 Å². The third-order valence-corrected chi connectivity index (χ3v) is 4.11. The van der Waals surface area contributed by atoms with E-state index >= 15 is 0 Å². The molecule has 0 aliphatic heterocycles. The molecule has 104 valence electrons. The molecule has 1 atom stereocenters. The average Bonchev–Trinajstić information content (AvgIpc) is 2.40. The van der Waals surface area contributed by atoms with Gasteiger partial charge in [-0.2, -0.15) is 0 Å². The van der Waals surface area contributed by atoms with Gasteiger partial charge in [0.25, 0.3) is 0 Å². The molecule has 3 nitrogen and oxygen atoms in total. The summed E-state index contributed by atoms with van der Waals surface area (Å²) in [5.41, 5.74) is 1.51. The minimum Gasteiger partial charge on any atom is -0.481 e. The molecule has 5 heteroatoms. The third kappa shape index (κ3) is 3.99. The molecule has 0 saturated carbocycles. The number of benzene rings is 2. The summed E-state index contributed by atoms with van der Waals surface area (Å²) in [6.45, 7) is 0. The molecule has 0 amide bonds. The first kappa shape index (κ1) is 14.4. The van der Waals surface area contributed by atoms with Crippen LogP contribution in [0.3, 0.4) is 0 Å². The zero-order valence-corrected chi connectivity index (χ0v) is 11.4. The Morgan fingerprint density at radius 1 is 1.10 bits per heavy atom. The molecule has 0 radical (unpaired) electrons. The Labute approximate surface area is 118 Å². The van der Waals surface area contributed by atoms with E-state index in [0.29, 0.717) is 10.5 Å². The number of carboxylic acids is 1. The molecule has 1 unspecified atom stereocenters. The van der Waals surface area contributed by atoms with E-state index in [-0.39, 0.29) is 12.2 Å². The lowest BCUT2D eigenvalue weighted by Gasteiger charge is -2.04. The Kier molecular flexibility index (Phi) is 4.63. The van der Waals surface area contributed by atoms with Gasteiger partial charge in [-0.15, -0.1) is 0 Å². The normalized spacial score (nSPS) is 12.1. The molecule has 0 fully saturated rings. The van der Waals surface area contributed by atoms with Crippen LogP contribution in [-0.4, -0.2) is 15.3 Å². The number of carboxylic acid groups (broad SMARTS) is 1. The van der Waals surface area contributed by atoms with Crippen LogP contribution < -0.4 is 0 Å². The van der Waals surface area contributed by atoms with Gasteiger partial charge in [0.05, 0.1) is 23.0 Å². The second-order valence-corrected chi connectivity index (χ2v) is 5.79. The molecule has 2 aromatic rings. The van der Waals surface area contributed by atoms with Crippen LogP contribution in [0.15, 0.2) is 53.4 Å². The Morgan fingerprint density at radius 2 is 1.75 bits per heavy atom. The Morgan fingerprint density at radius 3 is 2.35 bits per heavy atom. The summed E-state index contributed by atoms with van der Waals surface area (Å²) in [7, 11) is -1.32. The van der Waals surface area contributed by atoms with Crippen molar-refractivity contribution in [3.05, 3.63) is 65.5 Å². The molecular weight excluding hydrogens is 279 g/mol. The predicted octanol–water partition coefficient (Wildman–Crippen LogP) is 2.76. The van der Waals surface area contributed by atoms with E-state index in [4.69, 9.17) is 5.11 Å². The maximum absolute atomic E-state index is 13.1. The first-order valence-electron chi connectivity index (χ1n) is 5.98. The standard InChI is InChI=1S/C15H13FO3S/c16-13-2-1-3-14(9-13)20(19)10-12-6-4-11(5-7-12)8-15(17)18/h1-7,9H,8,10H2,(H,17,18). The van der Waals surface area contributed by atoms with Crippen molar-refractivity contribution in [2.45, 2.75) is 17.1 Å². The number of carbonyl (C=O) groups is 1. The molecule has 0 spiro atoms. The minimum atomic E-state index is -1.32. The summed E-state index contributed by atoms with van der Waals surface area (Å²) in [5, 5.41) is 8.67. The summed E-state index contributed by atoms with van der Waals surface area (Å²) in [5.74, 6) is -1.02. The predicted molar refractivity (Wildman–Crippen MR) is 74.3 cm³/mol. The summed E-state index contributed by atoms with van der Waals surface area (Å²) in [6.07, 6.45) is -0.0345. The highest BCUT2D eigenvalue weighted by atomic mass is 32.2. The van der Waals surface area contributed by atoms with E-state index in [0.717, 1.165) is 5.56 Å². The van der Waals surface area contributed by atoms with Crippen molar-refractivity contribution in [1.82, 2.24) is 0 Å². The Hall–Kier alpha value is -2.01. The summed E-state index contributed by atoms with van der Waals surface area (Å²) >= 11 is 0. The number of aliphatic carboxylic acids is 1. The van der Waals surface area contributed by atoms with Gasteiger partial charge in [-0.3, -0.25) is 9.00 Å². The van der Waals surface area contributed by atoms with Gasteiger partial charge in [-0.1, -0.05) is 30.3 Å². The molecule has 0 saturated heterocycles. The summed E-state index contributed by atoms with van der Waals surface area (Å²) in [4.78, 5) is 11.0. The summed E-state index contributed by atoms with van der Waals surface area (Å²) in [6, 6.07) is 12.6. The fourth-order valence-corrected chi connectivity index (χ4v) is 2.91. The van der Waals surface area contributed by atoms with Crippen molar-refractivity contribution in [1.29, 1.82) is 0 Å². The Balaban J connectivity index is 2.06. The highest BCUT2D eigenvalue weighted by Crippen LogP contribution is 2.14. The largest absolute Gasteiger partial charge is 0.481 e. The number of halogens is 1. The highest BCUT2D eigenvalue weighted by molar-refractivity contribution is 7.84. The quantitative estimate of drug-likeness (QED) is 0.922. The van der Waals surface area contributed by atoms with Crippen LogP contribution >= 0.6 is 0 Å². The number of hydrogen-bond acceptors (Lipinski definition) is 2. The molecule has 20 heavy (non-hydrogen) atoms. The molecule has 0 aliphatic rings. The van der Waals surface area contributed by atoms with Crippen LogP contribution in [0.25, 0.3) is 0 Å². The van der Waals surface area contributed by atoms with Gasteiger partial charge < -0.3 is 5.11 Å². The van der Waals surface area contributed by atoms with E-state index in [9.17, 15) is 13.4 Å². The number of rotatable bonds is 5. The van der Waals surface area contributed by atoms with Gasteiger partial charge in [0.1, 0.15) is 5.82 Å². The summed E-state index contributed by atoms with van der Waals surface area (Å²) < 4.78 is 25.1. The van der Waals surface area contributed by atoms with Gasteiger partial charge in [0.2, 0.25) is 0 Å². The molecule has 0 aromatic heterocycles. The van der Waals surface area contributed by atoms with Gasteiger partial charge in [-0.05, 0) is 29.3 Å². The molecular formula is C15H13FO3S. The first-order valence-corrected chi connectivity index (χ1v) is 7.30. The fraction of sp³-hybridized carbons (Fsp3) is 0.133. The highest BCUT2D eigenvalue weighted by Gasteiger charge is 2.07. The van der Waals surface area contributed by atoms with Crippen LogP contribution in [0.1, 0.15) is 11.1 Å². The smallest absolute Gasteiger partial charge is 0.307 e. The van der Waals surface area contributed by atoms with Crippen molar-refractivity contribution in [3.63, 3.8) is 0 Å². The van der Waals surface area contributed by atoms with Crippen molar-refractivity contribution in [3.8, 4) is 0 Å². The van der Waals surface area contributed by atoms with Crippen molar-refractivity contribution < 1.29 is 18.5 Å². The maximum Gasteiger partial charge on any atom is 0.307 e. The molecule has 0 bridgehead atoms. The second-order valence-electron chi connectivity index (χ2n) is 4.33. The monoisotopic (exact) mass is 292 g/mol. The SMILES string of the molecule is O=C(O)Cc1ccc(CS(=O)c2cccc(F)c2)cc1. The fourth-order valence-electron chi connectivity index (χ4n) is 1.77.